The third-order valence-electron chi connectivity index (χ3n) is 5.34. The molecule has 3 heterocycles. The van der Waals surface area contributed by atoms with Crippen molar-refractivity contribution in [1.29, 1.82) is 0 Å². The summed E-state index contributed by atoms with van der Waals surface area (Å²) in [5.74, 6) is -3.24. The van der Waals surface area contributed by atoms with Crippen LogP contribution >= 0.6 is 11.8 Å². The zero-order valence-corrected chi connectivity index (χ0v) is 17.8. The molecule has 4 atom stereocenters. The van der Waals surface area contributed by atoms with E-state index in [1.165, 1.54) is 30.9 Å². The Morgan fingerprint density at radius 1 is 1.03 bits per heavy atom. The molecular formula is C20H21N3O7S. The summed E-state index contributed by atoms with van der Waals surface area (Å²) < 4.78 is 5.75. The van der Waals surface area contributed by atoms with Crippen molar-refractivity contribution in [1.82, 2.24) is 15.0 Å². The number of aromatic nitrogens is 3. The summed E-state index contributed by atoms with van der Waals surface area (Å²) in [4.78, 5) is 49.4. The van der Waals surface area contributed by atoms with E-state index in [0.29, 0.717) is 23.1 Å². The second-order valence-corrected chi connectivity index (χ2v) is 8.30. The number of pyridine rings is 1. The molecule has 0 amide bonds. The van der Waals surface area contributed by atoms with Gasteiger partial charge in [0.05, 0.1) is 6.20 Å². The highest BCUT2D eigenvalue weighted by atomic mass is 32.2. The van der Waals surface area contributed by atoms with Gasteiger partial charge >= 0.3 is 0 Å². The first kappa shape index (κ1) is 22.9. The van der Waals surface area contributed by atoms with E-state index < -0.39 is 45.3 Å². The molecule has 31 heavy (non-hydrogen) atoms. The number of thioether (sulfide) groups is 1. The fourth-order valence-corrected chi connectivity index (χ4v) is 5.10. The molecule has 3 rings (SSSR count). The maximum Gasteiger partial charge on any atom is 0.208 e. The predicted octanol–water partition coefficient (Wildman–Crippen LogP) is -0.0494. The van der Waals surface area contributed by atoms with Crippen molar-refractivity contribution >= 4 is 29.1 Å². The zero-order valence-electron chi connectivity index (χ0n) is 17.0. The highest BCUT2D eigenvalue weighted by Gasteiger charge is 2.75. The van der Waals surface area contributed by atoms with Gasteiger partial charge < -0.3 is 20.1 Å². The summed E-state index contributed by atoms with van der Waals surface area (Å²) in [5.41, 5.74) is -9.80. The number of hydrogen-bond donors (Lipinski definition) is 3. The Morgan fingerprint density at radius 2 is 1.68 bits per heavy atom. The van der Waals surface area contributed by atoms with Crippen LogP contribution in [0.5, 0.6) is 5.75 Å². The Hall–Kier alpha value is -2.73. The molecule has 1 fully saturated rings. The fraction of sp³-hybridized carbons (Fsp3) is 0.400. The number of rotatable bonds is 6. The van der Waals surface area contributed by atoms with Crippen molar-refractivity contribution in [3.05, 3.63) is 36.9 Å². The highest BCUT2D eigenvalue weighted by molar-refractivity contribution is 8.00. The van der Waals surface area contributed by atoms with Crippen LogP contribution in [0.2, 0.25) is 0 Å². The lowest BCUT2D eigenvalue weighted by Crippen LogP contribution is -2.82. The van der Waals surface area contributed by atoms with Crippen molar-refractivity contribution in [2.24, 2.45) is 0 Å². The molecule has 0 radical (unpaired) electrons. The van der Waals surface area contributed by atoms with Gasteiger partial charge in [-0.25, -0.2) is 9.97 Å². The van der Waals surface area contributed by atoms with E-state index in [1.54, 1.807) is 6.07 Å². The molecule has 1 aliphatic heterocycles. The second-order valence-electron chi connectivity index (χ2n) is 7.25. The van der Waals surface area contributed by atoms with Crippen LogP contribution < -0.4 is 4.74 Å². The van der Waals surface area contributed by atoms with Gasteiger partial charge in [-0.05, 0) is 32.9 Å². The molecule has 1 saturated heterocycles. The molecule has 164 valence electrons. The van der Waals surface area contributed by atoms with E-state index in [0.717, 1.165) is 20.8 Å². The number of nitrogens with zero attached hydrogens (tertiary/aromatic N) is 3. The molecule has 0 spiro atoms. The molecule has 0 aliphatic carbocycles. The Labute approximate surface area is 181 Å². The monoisotopic (exact) mass is 447 g/mol. The molecule has 0 unspecified atom stereocenters. The smallest absolute Gasteiger partial charge is 0.208 e. The molecule has 11 heteroatoms. The average Bonchev–Trinajstić information content (AvgIpc) is 2.74. The van der Waals surface area contributed by atoms with Crippen LogP contribution in [0.4, 0.5) is 0 Å². The lowest BCUT2D eigenvalue weighted by atomic mass is 9.65. The Bertz CT molecular complexity index is 1040. The molecule has 0 bridgehead atoms. The van der Waals surface area contributed by atoms with Crippen LogP contribution in [-0.4, -0.2) is 75.6 Å². The van der Waals surface area contributed by atoms with Crippen LogP contribution in [0, 0.1) is 0 Å². The standard InChI is InChI=1S/C20H21N3O7S/c1-11(24)18(27)10-31-17(19(28,12(2)25)20(18,29)13(3)26)30-15-7-14(8-21-9-15)16-22-5-4-6-23-16/h4-9,17,27-29H,10H2,1-3H3/t17-,18-,19-,20-/m0/s1. The van der Waals surface area contributed by atoms with Crippen molar-refractivity contribution in [3.8, 4) is 17.1 Å². The Morgan fingerprint density at radius 3 is 2.23 bits per heavy atom. The van der Waals surface area contributed by atoms with E-state index in [1.807, 2.05) is 0 Å². The summed E-state index contributed by atoms with van der Waals surface area (Å²) in [6.07, 6.45) is 5.85. The molecular weight excluding hydrogens is 426 g/mol. The number of Topliss-reactive ketones (excluding diaryl/α,β-unsaturated/α-hetero) is 3. The van der Waals surface area contributed by atoms with Gasteiger partial charge in [0, 0.05) is 29.9 Å². The minimum Gasteiger partial charge on any atom is -0.474 e. The van der Waals surface area contributed by atoms with E-state index >= 15 is 0 Å². The summed E-state index contributed by atoms with van der Waals surface area (Å²) in [6.45, 7) is 2.77. The minimum absolute atomic E-state index is 0.0845. The summed E-state index contributed by atoms with van der Waals surface area (Å²) in [6, 6.07) is 3.14. The second kappa shape index (κ2) is 8.08. The number of carbonyl (C=O) groups is 3. The molecule has 1 aliphatic rings. The van der Waals surface area contributed by atoms with Gasteiger partial charge in [0.25, 0.3) is 0 Å². The number of carbonyl (C=O) groups excluding carboxylic acids is 3. The quantitative estimate of drug-likeness (QED) is 0.545. The maximum atomic E-state index is 12.5. The average molecular weight is 447 g/mol. The summed E-state index contributed by atoms with van der Waals surface area (Å²) in [5, 5.41) is 33.4. The van der Waals surface area contributed by atoms with Crippen LogP contribution in [0.3, 0.4) is 0 Å². The normalized spacial score (nSPS) is 30.5. The zero-order chi connectivity index (χ0) is 23.0. The van der Waals surface area contributed by atoms with Gasteiger partial charge in [-0.2, -0.15) is 0 Å². The minimum atomic E-state index is -3.12. The number of ether oxygens (including phenoxy) is 1. The number of ketones is 3. The van der Waals surface area contributed by atoms with Crippen LogP contribution in [0.25, 0.3) is 11.4 Å². The van der Waals surface area contributed by atoms with Gasteiger partial charge in [0.2, 0.25) is 5.60 Å². The molecule has 2 aromatic heterocycles. The van der Waals surface area contributed by atoms with E-state index in [9.17, 15) is 29.7 Å². The van der Waals surface area contributed by atoms with Crippen molar-refractivity contribution in [2.45, 2.75) is 43.0 Å². The highest BCUT2D eigenvalue weighted by Crippen LogP contribution is 2.49. The van der Waals surface area contributed by atoms with E-state index in [2.05, 4.69) is 15.0 Å². The van der Waals surface area contributed by atoms with Gasteiger partial charge in [-0.1, -0.05) is 0 Å². The maximum absolute atomic E-state index is 12.5. The topological polar surface area (TPSA) is 160 Å². The van der Waals surface area contributed by atoms with Gasteiger partial charge in [-0.3, -0.25) is 19.4 Å². The summed E-state index contributed by atoms with van der Waals surface area (Å²) >= 11 is 0.715. The first-order valence-electron chi connectivity index (χ1n) is 9.19. The lowest BCUT2D eigenvalue weighted by molar-refractivity contribution is -0.236. The van der Waals surface area contributed by atoms with Crippen LogP contribution in [-0.2, 0) is 14.4 Å². The van der Waals surface area contributed by atoms with Gasteiger partial charge in [-0.15, -0.1) is 11.8 Å². The van der Waals surface area contributed by atoms with E-state index in [4.69, 9.17) is 4.74 Å². The van der Waals surface area contributed by atoms with Crippen molar-refractivity contribution < 1.29 is 34.4 Å². The first-order valence-corrected chi connectivity index (χ1v) is 10.2. The Kier molecular flexibility index (Phi) is 5.98. The first-order chi connectivity index (χ1) is 14.5. The number of aliphatic hydroxyl groups is 3. The van der Waals surface area contributed by atoms with Crippen LogP contribution in [0.15, 0.2) is 36.9 Å². The Balaban J connectivity index is 2.06. The van der Waals surface area contributed by atoms with Gasteiger partial charge in [0.1, 0.15) is 5.75 Å². The SMILES string of the molecule is CC(=O)[C@]1(O)[C@@](O)(C(C)=O)CS[C@H](Oc2cncc(-c3ncccn3)c2)[C@@]1(O)C(C)=O. The van der Waals surface area contributed by atoms with Crippen molar-refractivity contribution in [2.75, 3.05) is 5.75 Å². The van der Waals surface area contributed by atoms with Crippen LogP contribution in [0.1, 0.15) is 20.8 Å². The number of hydrogen-bond acceptors (Lipinski definition) is 11. The van der Waals surface area contributed by atoms with Gasteiger partial charge in [0.15, 0.2) is 39.8 Å². The van der Waals surface area contributed by atoms with E-state index in [-0.39, 0.29) is 5.75 Å². The third kappa shape index (κ3) is 3.43. The van der Waals surface area contributed by atoms with Crippen molar-refractivity contribution in [3.63, 3.8) is 0 Å². The molecule has 2 aromatic rings. The largest absolute Gasteiger partial charge is 0.474 e. The molecule has 10 nitrogen and oxygen atoms in total. The molecule has 0 aromatic carbocycles. The molecule has 0 saturated carbocycles. The summed E-state index contributed by atoms with van der Waals surface area (Å²) in [7, 11) is 0. The predicted molar refractivity (Wildman–Crippen MR) is 109 cm³/mol. The molecule has 3 N–H and O–H groups in total. The lowest BCUT2D eigenvalue weighted by Gasteiger charge is -2.54. The third-order valence-corrected chi connectivity index (χ3v) is 6.67. The fourth-order valence-electron chi connectivity index (χ4n) is 3.54.